The van der Waals surface area contributed by atoms with Gasteiger partial charge in [0.15, 0.2) is 11.6 Å². The van der Waals surface area contributed by atoms with Crippen molar-refractivity contribution in [3.63, 3.8) is 0 Å². The summed E-state index contributed by atoms with van der Waals surface area (Å²) in [5.74, 6) is -0.687. The first-order chi connectivity index (χ1) is 10.2. The van der Waals surface area contributed by atoms with Crippen LogP contribution in [0.2, 0.25) is 0 Å². The average molecular weight is 293 g/mol. The lowest BCUT2D eigenvalue weighted by Gasteiger charge is -2.08. The van der Waals surface area contributed by atoms with Crippen LogP contribution in [0.3, 0.4) is 0 Å². The third-order valence-electron chi connectivity index (χ3n) is 2.95. The fraction of sp³-hybridized carbons (Fsp3) is 0.286. The van der Waals surface area contributed by atoms with Crippen molar-refractivity contribution in [2.24, 2.45) is 0 Å². The third kappa shape index (κ3) is 3.38. The van der Waals surface area contributed by atoms with Crippen LogP contribution in [-0.4, -0.2) is 30.3 Å². The highest BCUT2D eigenvalue weighted by Gasteiger charge is 2.15. The number of nitrogens with zero attached hydrogens (tertiary/aromatic N) is 1. The number of aromatic amines is 1. The minimum Gasteiger partial charge on any atom is -0.494 e. The molecule has 21 heavy (non-hydrogen) atoms. The Kier molecular flexibility index (Phi) is 4.89. The third-order valence-corrected chi connectivity index (χ3v) is 2.95. The predicted octanol–water partition coefficient (Wildman–Crippen LogP) is 1.63. The van der Waals surface area contributed by atoms with E-state index in [2.05, 4.69) is 15.5 Å². The lowest BCUT2D eigenvalue weighted by atomic mass is 10.2. The maximum atomic E-state index is 14.0. The van der Waals surface area contributed by atoms with Crippen molar-refractivity contribution >= 4 is 5.91 Å². The van der Waals surface area contributed by atoms with E-state index in [0.717, 1.165) is 0 Å². The van der Waals surface area contributed by atoms with Crippen LogP contribution in [0.4, 0.5) is 4.39 Å². The SMILES string of the molecule is COCc1n[nH]cc1C(=O)NCc1cccc(OC)c1F. The van der Waals surface area contributed by atoms with Gasteiger partial charge >= 0.3 is 0 Å². The number of nitrogens with one attached hydrogen (secondary N) is 2. The second kappa shape index (κ2) is 6.85. The Morgan fingerprint density at radius 1 is 1.43 bits per heavy atom. The Morgan fingerprint density at radius 2 is 2.24 bits per heavy atom. The molecule has 112 valence electrons. The first kappa shape index (κ1) is 15.0. The van der Waals surface area contributed by atoms with Gasteiger partial charge in [0, 0.05) is 25.4 Å². The average Bonchev–Trinajstić information content (AvgIpc) is 2.94. The number of aromatic nitrogens is 2. The summed E-state index contributed by atoms with van der Waals surface area (Å²) in [4.78, 5) is 12.1. The van der Waals surface area contributed by atoms with E-state index in [0.29, 0.717) is 16.8 Å². The number of ether oxygens (including phenoxy) is 2. The van der Waals surface area contributed by atoms with Gasteiger partial charge in [-0.25, -0.2) is 4.39 Å². The summed E-state index contributed by atoms with van der Waals surface area (Å²) in [7, 11) is 2.91. The van der Waals surface area contributed by atoms with Crippen molar-refractivity contribution in [1.29, 1.82) is 0 Å². The Morgan fingerprint density at radius 3 is 2.95 bits per heavy atom. The molecule has 0 unspecified atom stereocenters. The minimum absolute atomic E-state index is 0.0550. The number of amides is 1. The van der Waals surface area contributed by atoms with Crippen LogP contribution < -0.4 is 10.1 Å². The van der Waals surface area contributed by atoms with Crippen molar-refractivity contribution < 1.29 is 18.7 Å². The molecule has 0 aliphatic heterocycles. The Hall–Kier alpha value is -2.41. The number of H-pyrrole nitrogens is 1. The molecule has 0 spiro atoms. The molecule has 7 heteroatoms. The quantitative estimate of drug-likeness (QED) is 0.849. The Labute approximate surface area is 121 Å². The molecule has 0 aliphatic carbocycles. The Bertz CT molecular complexity index is 628. The molecule has 0 fully saturated rings. The molecule has 0 bridgehead atoms. The van der Waals surface area contributed by atoms with Gasteiger partial charge in [-0.15, -0.1) is 0 Å². The number of methoxy groups -OCH3 is 2. The van der Waals surface area contributed by atoms with Crippen molar-refractivity contribution in [1.82, 2.24) is 15.5 Å². The molecule has 0 aliphatic rings. The summed E-state index contributed by atoms with van der Waals surface area (Å²) >= 11 is 0. The van der Waals surface area contributed by atoms with Gasteiger partial charge in [0.2, 0.25) is 0 Å². The second-order valence-corrected chi connectivity index (χ2v) is 4.29. The van der Waals surface area contributed by atoms with E-state index in [4.69, 9.17) is 9.47 Å². The highest BCUT2D eigenvalue weighted by molar-refractivity contribution is 5.94. The molecule has 0 saturated carbocycles. The van der Waals surface area contributed by atoms with Gasteiger partial charge in [0.05, 0.1) is 19.3 Å². The minimum atomic E-state index is -0.482. The smallest absolute Gasteiger partial charge is 0.255 e. The molecular weight excluding hydrogens is 277 g/mol. The lowest BCUT2D eigenvalue weighted by molar-refractivity contribution is 0.0945. The molecule has 0 atom stereocenters. The zero-order chi connectivity index (χ0) is 15.2. The van der Waals surface area contributed by atoms with E-state index in [1.165, 1.54) is 26.5 Å². The van der Waals surface area contributed by atoms with Crippen molar-refractivity contribution in [2.75, 3.05) is 14.2 Å². The second-order valence-electron chi connectivity index (χ2n) is 4.29. The summed E-state index contributed by atoms with van der Waals surface area (Å²) < 4.78 is 23.8. The highest BCUT2D eigenvalue weighted by atomic mass is 19.1. The van der Waals surface area contributed by atoms with Crippen molar-refractivity contribution in [3.8, 4) is 5.75 Å². The van der Waals surface area contributed by atoms with Gasteiger partial charge in [-0.3, -0.25) is 9.89 Å². The zero-order valence-corrected chi connectivity index (χ0v) is 11.8. The van der Waals surface area contributed by atoms with E-state index in [-0.39, 0.29) is 24.8 Å². The molecule has 1 aromatic heterocycles. The number of hydrogen-bond acceptors (Lipinski definition) is 4. The molecule has 2 N–H and O–H groups in total. The van der Waals surface area contributed by atoms with Crippen LogP contribution in [0, 0.1) is 5.82 Å². The number of hydrogen-bond donors (Lipinski definition) is 2. The summed E-state index contributed by atoms with van der Waals surface area (Å²) in [6.45, 7) is 0.277. The molecule has 2 rings (SSSR count). The highest BCUT2D eigenvalue weighted by Crippen LogP contribution is 2.19. The van der Waals surface area contributed by atoms with Gasteiger partial charge in [-0.2, -0.15) is 5.10 Å². The maximum absolute atomic E-state index is 14.0. The molecule has 2 aromatic rings. The van der Waals surface area contributed by atoms with Gasteiger partial charge < -0.3 is 14.8 Å². The number of rotatable bonds is 6. The summed E-state index contributed by atoms with van der Waals surface area (Å²) in [6, 6.07) is 4.77. The lowest BCUT2D eigenvalue weighted by Crippen LogP contribution is -2.24. The van der Waals surface area contributed by atoms with E-state index >= 15 is 0 Å². The van der Waals surface area contributed by atoms with Crippen LogP contribution in [0.15, 0.2) is 24.4 Å². The molecule has 1 amide bonds. The van der Waals surface area contributed by atoms with E-state index in [9.17, 15) is 9.18 Å². The number of carbonyl (C=O) groups excluding carboxylic acids is 1. The topological polar surface area (TPSA) is 76.2 Å². The summed E-state index contributed by atoms with van der Waals surface area (Å²) in [5, 5.41) is 9.17. The van der Waals surface area contributed by atoms with Crippen LogP contribution >= 0.6 is 0 Å². The van der Waals surface area contributed by atoms with Crippen LogP contribution in [0.1, 0.15) is 21.6 Å². The van der Waals surface area contributed by atoms with Crippen molar-refractivity contribution in [3.05, 3.63) is 47.0 Å². The van der Waals surface area contributed by atoms with Crippen molar-refractivity contribution in [2.45, 2.75) is 13.2 Å². The standard InChI is InChI=1S/C14H16FN3O3/c1-20-8-11-10(7-17-18-11)14(19)16-6-9-4-3-5-12(21-2)13(9)15/h3-5,7H,6,8H2,1-2H3,(H,16,19)(H,17,18). The molecule has 1 aromatic carbocycles. The van der Waals surface area contributed by atoms with Gasteiger partial charge in [0.1, 0.15) is 5.69 Å². The van der Waals surface area contributed by atoms with E-state index < -0.39 is 5.82 Å². The first-order valence-corrected chi connectivity index (χ1v) is 6.28. The number of halogens is 1. The fourth-order valence-electron chi connectivity index (χ4n) is 1.88. The fourth-order valence-corrected chi connectivity index (χ4v) is 1.88. The monoisotopic (exact) mass is 293 g/mol. The van der Waals surface area contributed by atoms with Gasteiger partial charge in [-0.1, -0.05) is 12.1 Å². The van der Waals surface area contributed by atoms with Gasteiger partial charge in [0.25, 0.3) is 5.91 Å². The predicted molar refractivity (Wildman–Crippen MR) is 73.4 cm³/mol. The molecule has 0 saturated heterocycles. The summed E-state index contributed by atoms with van der Waals surface area (Å²) in [5.41, 5.74) is 1.22. The zero-order valence-electron chi connectivity index (χ0n) is 11.8. The number of carbonyl (C=O) groups is 1. The van der Waals surface area contributed by atoms with E-state index in [1.807, 2.05) is 0 Å². The number of benzene rings is 1. The normalized spacial score (nSPS) is 10.4. The first-order valence-electron chi connectivity index (χ1n) is 6.28. The largest absolute Gasteiger partial charge is 0.494 e. The van der Waals surface area contributed by atoms with Crippen LogP contribution in [-0.2, 0) is 17.9 Å². The molecule has 1 heterocycles. The van der Waals surface area contributed by atoms with E-state index in [1.54, 1.807) is 12.1 Å². The Balaban J connectivity index is 2.06. The van der Waals surface area contributed by atoms with Crippen LogP contribution in [0.5, 0.6) is 5.75 Å². The van der Waals surface area contributed by atoms with Crippen LogP contribution in [0.25, 0.3) is 0 Å². The molecule has 0 radical (unpaired) electrons. The molecular formula is C14H16FN3O3. The van der Waals surface area contributed by atoms with Gasteiger partial charge in [-0.05, 0) is 6.07 Å². The summed E-state index contributed by atoms with van der Waals surface area (Å²) in [6.07, 6.45) is 1.48. The molecule has 6 nitrogen and oxygen atoms in total. The maximum Gasteiger partial charge on any atom is 0.255 e.